The second-order valence-corrected chi connectivity index (χ2v) is 4.56. The van der Waals surface area contributed by atoms with Crippen LogP contribution in [0.5, 0.6) is 5.75 Å². The molecule has 3 rings (SSSR count). The lowest BCUT2D eigenvalue weighted by Gasteiger charge is -2.07. The zero-order valence-corrected chi connectivity index (χ0v) is 11.0. The molecule has 0 aliphatic heterocycles. The van der Waals surface area contributed by atoms with Crippen LogP contribution in [0.15, 0.2) is 58.0 Å². The van der Waals surface area contributed by atoms with Crippen molar-refractivity contribution in [2.75, 3.05) is 0 Å². The number of pyridine rings is 1. The first-order valence-corrected chi connectivity index (χ1v) is 6.28. The molecule has 0 saturated heterocycles. The zero-order chi connectivity index (χ0) is 13.9. The van der Waals surface area contributed by atoms with E-state index >= 15 is 0 Å². The van der Waals surface area contributed by atoms with Crippen molar-refractivity contribution in [3.63, 3.8) is 0 Å². The lowest BCUT2D eigenvalue weighted by molar-refractivity contribution is 0.305. The SMILES string of the molecule is Cc1cc(=O)oc2cc(OCc3cccnc3)ccc12. The molecule has 0 amide bonds. The first-order valence-electron chi connectivity index (χ1n) is 6.28. The van der Waals surface area contributed by atoms with Gasteiger partial charge in [-0.15, -0.1) is 0 Å². The van der Waals surface area contributed by atoms with Crippen molar-refractivity contribution in [1.82, 2.24) is 4.98 Å². The first kappa shape index (κ1) is 12.4. The topological polar surface area (TPSA) is 52.3 Å². The maximum Gasteiger partial charge on any atom is 0.336 e. The van der Waals surface area contributed by atoms with E-state index in [2.05, 4.69) is 4.98 Å². The van der Waals surface area contributed by atoms with E-state index in [1.54, 1.807) is 18.5 Å². The van der Waals surface area contributed by atoms with Crippen LogP contribution in [0.4, 0.5) is 0 Å². The molecule has 0 atom stereocenters. The standard InChI is InChI=1S/C16H13NO3/c1-11-7-16(18)20-15-8-13(4-5-14(11)15)19-10-12-3-2-6-17-9-12/h2-9H,10H2,1H3. The van der Waals surface area contributed by atoms with Crippen molar-refractivity contribution in [3.8, 4) is 5.75 Å². The van der Waals surface area contributed by atoms with Gasteiger partial charge in [0, 0.05) is 35.5 Å². The molecule has 0 bridgehead atoms. The maximum atomic E-state index is 11.4. The summed E-state index contributed by atoms with van der Waals surface area (Å²) < 4.78 is 10.9. The van der Waals surface area contributed by atoms with Crippen molar-refractivity contribution < 1.29 is 9.15 Å². The van der Waals surface area contributed by atoms with Crippen LogP contribution in [-0.2, 0) is 6.61 Å². The number of fused-ring (bicyclic) bond motifs is 1. The van der Waals surface area contributed by atoms with Gasteiger partial charge in [0.15, 0.2) is 0 Å². The van der Waals surface area contributed by atoms with Gasteiger partial charge in [-0.05, 0) is 30.7 Å². The monoisotopic (exact) mass is 267 g/mol. The van der Waals surface area contributed by atoms with Gasteiger partial charge < -0.3 is 9.15 Å². The summed E-state index contributed by atoms with van der Waals surface area (Å²) in [4.78, 5) is 15.4. The number of aryl methyl sites for hydroxylation is 1. The van der Waals surface area contributed by atoms with Crippen molar-refractivity contribution >= 4 is 11.0 Å². The molecule has 0 radical (unpaired) electrons. The molecule has 4 heteroatoms. The normalized spacial score (nSPS) is 10.7. The second-order valence-electron chi connectivity index (χ2n) is 4.56. The highest BCUT2D eigenvalue weighted by molar-refractivity contribution is 5.81. The van der Waals surface area contributed by atoms with Crippen LogP contribution >= 0.6 is 0 Å². The van der Waals surface area contributed by atoms with Gasteiger partial charge in [-0.25, -0.2) is 4.79 Å². The van der Waals surface area contributed by atoms with Crippen LogP contribution < -0.4 is 10.4 Å². The Morgan fingerprint density at radius 1 is 1.25 bits per heavy atom. The number of benzene rings is 1. The molecular formula is C16H13NO3. The third kappa shape index (κ3) is 2.54. The highest BCUT2D eigenvalue weighted by Crippen LogP contribution is 2.22. The predicted octanol–water partition coefficient (Wildman–Crippen LogP) is 3.08. The van der Waals surface area contributed by atoms with Gasteiger partial charge in [0.25, 0.3) is 0 Å². The molecule has 1 aromatic carbocycles. The number of hydrogen-bond acceptors (Lipinski definition) is 4. The van der Waals surface area contributed by atoms with Gasteiger partial charge in [0.05, 0.1) is 0 Å². The summed E-state index contributed by atoms with van der Waals surface area (Å²) in [5.74, 6) is 0.662. The zero-order valence-electron chi connectivity index (χ0n) is 11.0. The van der Waals surface area contributed by atoms with E-state index in [-0.39, 0.29) is 5.63 Å². The average molecular weight is 267 g/mol. The second kappa shape index (κ2) is 5.17. The number of rotatable bonds is 3. The van der Waals surface area contributed by atoms with Crippen LogP contribution in [0.2, 0.25) is 0 Å². The summed E-state index contributed by atoms with van der Waals surface area (Å²) in [5.41, 5.74) is 2.08. The molecule has 0 fully saturated rings. The summed E-state index contributed by atoms with van der Waals surface area (Å²) in [6.07, 6.45) is 3.47. The Morgan fingerprint density at radius 2 is 2.15 bits per heavy atom. The number of aromatic nitrogens is 1. The highest BCUT2D eigenvalue weighted by atomic mass is 16.5. The number of ether oxygens (including phenoxy) is 1. The van der Waals surface area contributed by atoms with Crippen molar-refractivity contribution in [3.05, 3.63) is 70.3 Å². The number of hydrogen-bond donors (Lipinski definition) is 0. The summed E-state index contributed by atoms with van der Waals surface area (Å²) >= 11 is 0. The lowest BCUT2D eigenvalue weighted by atomic mass is 10.1. The molecular weight excluding hydrogens is 254 g/mol. The minimum atomic E-state index is -0.348. The smallest absolute Gasteiger partial charge is 0.336 e. The molecule has 100 valence electrons. The molecule has 20 heavy (non-hydrogen) atoms. The third-order valence-electron chi connectivity index (χ3n) is 3.05. The fourth-order valence-electron chi connectivity index (χ4n) is 2.05. The van der Waals surface area contributed by atoms with Crippen LogP contribution in [0.25, 0.3) is 11.0 Å². The Balaban J connectivity index is 1.88. The molecule has 0 saturated carbocycles. The van der Waals surface area contributed by atoms with Gasteiger partial charge in [-0.1, -0.05) is 6.07 Å². The molecule has 0 aliphatic rings. The van der Waals surface area contributed by atoms with E-state index in [9.17, 15) is 4.79 Å². The minimum Gasteiger partial charge on any atom is -0.489 e. The minimum absolute atomic E-state index is 0.348. The van der Waals surface area contributed by atoms with Gasteiger partial charge in [0.1, 0.15) is 17.9 Å². The Hall–Kier alpha value is -2.62. The largest absolute Gasteiger partial charge is 0.489 e. The first-order chi connectivity index (χ1) is 9.72. The van der Waals surface area contributed by atoms with Crippen LogP contribution in [0.1, 0.15) is 11.1 Å². The Kier molecular flexibility index (Phi) is 3.21. The van der Waals surface area contributed by atoms with Crippen molar-refractivity contribution in [2.45, 2.75) is 13.5 Å². The molecule has 2 aromatic heterocycles. The van der Waals surface area contributed by atoms with Gasteiger partial charge >= 0.3 is 5.63 Å². The van der Waals surface area contributed by atoms with E-state index in [0.717, 1.165) is 16.5 Å². The summed E-state index contributed by atoms with van der Waals surface area (Å²) in [7, 11) is 0. The van der Waals surface area contributed by atoms with Gasteiger partial charge in [0.2, 0.25) is 0 Å². The summed E-state index contributed by atoms with van der Waals surface area (Å²) in [6, 6.07) is 10.8. The molecule has 0 spiro atoms. The van der Waals surface area contributed by atoms with E-state index in [0.29, 0.717) is 17.9 Å². The molecule has 4 nitrogen and oxygen atoms in total. The Bertz CT molecular complexity index is 794. The Labute approximate surface area is 115 Å². The molecule has 0 aliphatic carbocycles. The van der Waals surface area contributed by atoms with Crippen molar-refractivity contribution in [2.24, 2.45) is 0 Å². The van der Waals surface area contributed by atoms with E-state index in [1.165, 1.54) is 6.07 Å². The van der Waals surface area contributed by atoms with E-state index in [4.69, 9.17) is 9.15 Å². The number of nitrogens with zero attached hydrogens (tertiary/aromatic N) is 1. The average Bonchev–Trinajstić information content (AvgIpc) is 2.45. The van der Waals surface area contributed by atoms with Gasteiger partial charge in [-0.2, -0.15) is 0 Å². The quantitative estimate of drug-likeness (QED) is 0.684. The van der Waals surface area contributed by atoms with E-state index in [1.807, 2.05) is 31.2 Å². The van der Waals surface area contributed by atoms with E-state index < -0.39 is 0 Å². The Morgan fingerprint density at radius 3 is 2.95 bits per heavy atom. The van der Waals surface area contributed by atoms with Gasteiger partial charge in [-0.3, -0.25) is 4.98 Å². The third-order valence-corrected chi connectivity index (χ3v) is 3.05. The lowest BCUT2D eigenvalue weighted by Crippen LogP contribution is -1.99. The van der Waals surface area contributed by atoms with Crippen LogP contribution in [-0.4, -0.2) is 4.98 Å². The predicted molar refractivity (Wildman–Crippen MR) is 75.8 cm³/mol. The van der Waals surface area contributed by atoms with Crippen LogP contribution in [0, 0.1) is 6.92 Å². The summed E-state index contributed by atoms with van der Waals surface area (Å²) in [6.45, 7) is 2.31. The fourth-order valence-corrected chi connectivity index (χ4v) is 2.05. The fraction of sp³-hybridized carbons (Fsp3) is 0.125. The highest BCUT2D eigenvalue weighted by Gasteiger charge is 2.04. The molecule has 2 heterocycles. The molecule has 0 N–H and O–H groups in total. The molecule has 3 aromatic rings. The van der Waals surface area contributed by atoms with Crippen molar-refractivity contribution in [1.29, 1.82) is 0 Å². The summed E-state index contributed by atoms with van der Waals surface area (Å²) in [5, 5.41) is 0.915. The maximum absolute atomic E-state index is 11.4. The molecule has 0 unspecified atom stereocenters. The van der Waals surface area contributed by atoms with Crippen LogP contribution in [0.3, 0.4) is 0 Å².